The molecule has 186 valence electrons. The van der Waals surface area contributed by atoms with Gasteiger partial charge in [0.2, 0.25) is 0 Å². The van der Waals surface area contributed by atoms with Crippen LogP contribution < -0.4 is 0 Å². The van der Waals surface area contributed by atoms with Crippen molar-refractivity contribution in [3.05, 3.63) is 39.9 Å². The molecule has 2 heterocycles. The summed E-state index contributed by atoms with van der Waals surface area (Å²) in [7, 11) is 1.57. The van der Waals surface area contributed by atoms with E-state index >= 15 is 4.39 Å². The van der Waals surface area contributed by atoms with Crippen LogP contribution in [0.25, 0.3) is 5.57 Å². The molecule has 0 unspecified atom stereocenters. The molecule has 3 aliphatic rings. The lowest BCUT2D eigenvalue weighted by Gasteiger charge is -2.44. The molecule has 0 N–H and O–H groups in total. The molecule has 1 aromatic carbocycles. The second-order valence-electron chi connectivity index (χ2n) is 8.80. The Morgan fingerprint density at radius 1 is 1.24 bits per heavy atom. The molecule has 2 aliphatic heterocycles. The van der Waals surface area contributed by atoms with Gasteiger partial charge in [0.25, 0.3) is 5.91 Å². The van der Waals surface area contributed by atoms with Crippen LogP contribution in [0.5, 0.6) is 0 Å². The fraction of sp³-hybridized carbons (Fsp3) is 0.583. The lowest BCUT2D eigenvalue weighted by atomic mass is 9.85. The van der Waals surface area contributed by atoms with E-state index in [1.165, 1.54) is 17.2 Å². The monoisotopic (exact) mass is 496 g/mol. The summed E-state index contributed by atoms with van der Waals surface area (Å²) in [6.07, 6.45) is 3.21. The van der Waals surface area contributed by atoms with Crippen molar-refractivity contribution in [2.24, 2.45) is 0 Å². The average Bonchev–Trinajstić information content (AvgIpc) is 3.41. The molecule has 10 heteroatoms. The molecule has 1 saturated carbocycles. The van der Waals surface area contributed by atoms with Crippen molar-refractivity contribution in [1.29, 1.82) is 0 Å². The van der Waals surface area contributed by atoms with Gasteiger partial charge in [-0.2, -0.15) is 5.06 Å². The summed E-state index contributed by atoms with van der Waals surface area (Å²) in [5.74, 6) is -1.22. The highest BCUT2D eigenvalue weighted by atomic mass is 35.5. The highest BCUT2D eigenvalue weighted by Gasteiger charge is 2.58. The van der Waals surface area contributed by atoms with E-state index in [-0.39, 0.29) is 34.6 Å². The number of nitrogens with zero attached hydrogens (tertiary/aromatic N) is 2. The summed E-state index contributed by atoms with van der Waals surface area (Å²) in [4.78, 5) is 38.1. The van der Waals surface area contributed by atoms with Crippen molar-refractivity contribution in [3.8, 4) is 0 Å². The van der Waals surface area contributed by atoms with E-state index in [0.29, 0.717) is 31.5 Å². The van der Waals surface area contributed by atoms with Crippen molar-refractivity contribution in [2.45, 2.75) is 64.0 Å². The first-order chi connectivity index (χ1) is 16.3. The third-order valence-corrected chi connectivity index (χ3v) is 7.10. The largest absolute Gasteiger partial charge is 0.513 e. The number of amides is 1. The van der Waals surface area contributed by atoms with Crippen LogP contribution in [0.1, 0.15) is 56.6 Å². The van der Waals surface area contributed by atoms with Gasteiger partial charge in [0.05, 0.1) is 30.4 Å². The molecule has 1 amide bonds. The summed E-state index contributed by atoms with van der Waals surface area (Å²) >= 11 is 6.42. The Labute approximate surface area is 203 Å². The minimum Gasteiger partial charge on any atom is -0.434 e. The van der Waals surface area contributed by atoms with Gasteiger partial charge in [-0.15, -0.1) is 0 Å². The van der Waals surface area contributed by atoms with Gasteiger partial charge >= 0.3 is 6.16 Å². The first-order valence-corrected chi connectivity index (χ1v) is 12.0. The van der Waals surface area contributed by atoms with Crippen molar-refractivity contribution in [1.82, 2.24) is 10.1 Å². The molecule has 1 spiro atoms. The number of aryl methyl sites for hydroxylation is 1. The standard InChI is InChI=1S/C24H30ClFN2O6/c1-4-32-23(30)33-21-19(18-17(25)10-9-15(2)20(18)26)22(29)28(34-16-7-5-6-8-16)24(21)11-13-27(31-3)14-12-24/h9-10,16H,4-8,11-14H2,1-3H3. The van der Waals surface area contributed by atoms with Gasteiger partial charge in [0.15, 0.2) is 5.76 Å². The highest BCUT2D eigenvalue weighted by molar-refractivity contribution is 6.35. The van der Waals surface area contributed by atoms with Crippen LogP contribution in [0.2, 0.25) is 5.02 Å². The van der Waals surface area contributed by atoms with Crippen LogP contribution in [0, 0.1) is 12.7 Å². The first-order valence-electron chi connectivity index (χ1n) is 11.7. The van der Waals surface area contributed by atoms with Crippen LogP contribution in [0.15, 0.2) is 17.9 Å². The first kappa shape index (κ1) is 24.9. The number of hydrogen-bond donors (Lipinski definition) is 0. The number of carbonyl (C=O) groups is 2. The van der Waals surface area contributed by atoms with Crippen molar-refractivity contribution >= 4 is 29.2 Å². The number of piperidine rings is 1. The molecule has 2 fully saturated rings. The summed E-state index contributed by atoms with van der Waals surface area (Å²) in [5, 5.41) is 3.10. The molecule has 0 aromatic heterocycles. The molecule has 0 radical (unpaired) electrons. The Kier molecular flexibility index (Phi) is 7.47. The predicted octanol–water partition coefficient (Wildman–Crippen LogP) is 4.78. The van der Waals surface area contributed by atoms with Crippen molar-refractivity contribution < 1.29 is 33.1 Å². The quantitative estimate of drug-likeness (QED) is 0.524. The van der Waals surface area contributed by atoms with Gasteiger partial charge in [-0.3, -0.25) is 9.63 Å². The Hall–Kier alpha value is -2.20. The number of hydroxylamine groups is 4. The molecule has 8 nitrogen and oxygen atoms in total. The van der Waals surface area contributed by atoms with Crippen LogP contribution in [0.4, 0.5) is 9.18 Å². The molecular weight excluding hydrogens is 467 g/mol. The Morgan fingerprint density at radius 2 is 1.91 bits per heavy atom. The highest BCUT2D eigenvalue weighted by Crippen LogP contribution is 2.49. The number of rotatable bonds is 6. The van der Waals surface area contributed by atoms with Crippen LogP contribution in [-0.4, -0.2) is 60.6 Å². The van der Waals surface area contributed by atoms with E-state index in [0.717, 1.165) is 25.7 Å². The SMILES string of the molecule is CCOC(=O)OC1=C(c2c(Cl)ccc(C)c2F)C(=O)N(OC2CCCC2)C12CCN(OC)CC2. The van der Waals surface area contributed by atoms with Gasteiger partial charge in [0, 0.05) is 18.7 Å². The molecule has 0 bridgehead atoms. The van der Waals surface area contributed by atoms with E-state index < -0.39 is 23.4 Å². The lowest BCUT2D eigenvalue weighted by molar-refractivity contribution is -0.250. The molecule has 0 atom stereocenters. The fourth-order valence-electron chi connectivity index (χ4n) is 4.96. The predicted molar refractivity (Wildman–Crippen MR) is 122 cm³/mol. The van der Waals surface area contributed by atoms with E-state index in [1.807, 2.05) is 0 Å². The number of benzene rings is 1. The van der Waals surface area contributed by atoms with Crippen LogP contribution >= 0.6 is 11.6 Å². The number of halogens is 2. The summed E-state index contributed by atoms with van der Waals surface area (Å²) in [5.41, 5.74) is -1.02. The number of ether oxygens (including phenoxy) is 2. The zero-order valence-corrected chi connectivity index (χ0v) is 20.5. The third kappa shape index (κ3) is 4.42. The Balaban J connectivity index is 1.88. The normalized spacial score (nSPS) is 21.1. The Bertz CT molecular complexity index is 986. The molecular formula is C24H30ClFN2O6. The maximum atomic E-state index is 15.4. The van der Waals surface area contributed by atoms with Gasteiger partial charge < -0.3 is 14.3 Å². The van der Waals surface area contributed by atoms with E-state index in [9.17, 15) is 9.59 Å². The minimum absolute atomic E-state index is 0.0103. The van der Waals surface area contributed by atoms with Crippen LogP contribution in [-0.2, 0) is 23.9 Å². The Morgan fingerprint density at radius 3 is 2.53 bits per heavy atom. The molecule has 1 aliphatic carbocycles. The van der Waals surface area contributed by atoms with Gasteiger partial charge in [0.1, 0.15) is 11.4 Å². The zero-order chi connectivity index (χ0) is 24.5. The van der Waals surface area contributed by atoms with Crippen molar-refractivity contribution in [2.75, 3.05) is 26.8 Å². The number of carbonyl (C=O) groups excluding carboxylic acids is 2. The molecule has 34 heavy (non-hydrogen) atoms. The summed E-state index contributed by atoms with van der Waals surface area (Å²) in [6, 6.07) is 3.06. The lowest BCUT2D eigenvalue weighted by Crippen LogP contribution is -2.56. The maximum Gasteiger partial charge on any atom is 0.513 e. The van der Waals surface area contributed by atoms with E-state index in [2.05, 4.69) is 0 Å². The zero-order valence-electron chi connectivity index (χ0n) is 19.7. The summed E-state index contributed by atoms with van der Waals surface area (Å²) < 4.78 is 26.1. The molecule has 4 rings (SSSR count). The van der Waals surface area contributed by atoms with Crippen molar-refractivity contribution in [3.63, 3.8) is 0 Å². The molecule has 1 saturated heterocycles. The summed E-state index contributed by atoms with van der Waals surface area (Å²) in [6.45, 7) is 4.21. The number of hydrogen-bond acceptors (Lipinski definition) is 7. The minimum atomic E-state index is -1.13. The third-order valence-electron chi connectivity index (χ3n) is 6.78. The maximum absolute atomic E-state index is 15.4. The average molecular weight is 497 g/mol. The fourth-order valence-corrected chi connectivity index (χ4v) is 5.20. The van der Waals surface area contributed by atoms with E-state index in [1.54, 1.807) is 26.0 Å². The smallest absolute Gasteiger partial charge is 0.434 e. The second kappa shape index (κ2) is 10.2. The topological polar surface area (TPSA) is 77.5 Å². The molecule has 1 aromatic rings. The van der Waals surface area contributed by atoms with Gasteiger partial charge in [-0.25, -0.2) is 14.2 Å². The van der Waals surface area contributed by atoms with Gasteiger partial charge in [-0.05, 0) is 51.2 Å². The second-order valence-corrected chi connectivity index (χ2v) is 9.20. The van der Waals surface area contributed by atoms with Crippen LogP contribution in [0.3, 0.4) is 0 Å². The van der Waals surface area contributed by atoms with E-state index in [4.69, 9.17) is 30.7 Å². The van der Waals surface area contributed by atoms with Gasteiger partial charge in [-0.1, -0.05) is 30.5 Å².